The van der Waals surface area contributed by atoms with Gasteiger partial charge in [-0.15, -0.1) is 0 Å². The number of aromatic hydroxyl groups is 1. The summed E-state index contributed by atoms with van der Waals surface area (Å²) in [6.45, 7) is 1.84. The van der Waals surface area contributed by atoms with Crippen LogP contribution in [0.1, 0.15) is 43.5 Å². The molecule has 2 fully saturated rings. The lowest BCUT2D eigenvalue weighted by Gasteiger charge is -2.29. The zero-order valence-electron chi connectivity index (χ0n) is 12.5. The minimum absolute atomic E-state index is 0.0507. The van der Waals surface area contributed by atoms with Crippen LogP contribution in [0, 0.1) is 6.92 Å². The number of carbonyl (C=O) groups is 1. The molecule has 1 saturated carbocycles. The highest BCUT2D eigenvalue weighted by Gasteiger charge is 2.36. The standard InChI is InChI=1S/C16H19N3O2S/c1-10-7-8-14(20)12(17-10)9-13-15(21)19(16(22)18-13)11-5-3-2-4-6-11/h7-9,11,20H,2-6H2,1H3,(H,18,22)/b13-9-. The van der Waals surface area contributed by atoms with Crippen LogP contribution in [0.3, 0.4) is 0 Å². The first-order chi connectivity index (χ1) is 10.6. The molecule has 1 saturated heterocycles. The Morgan fingerprint density at radius 3 is 2.82 bits per heavy atom. The summed E-state index contributed by atoms with van der Waals surface area (Å²) in [5.74, 6) is -0.0747. The van der Waals surface area contributed by atoms with Crippen molar-refractivity contribution >= 4 is 29.3 Å². The van der Waals surface area contributed by atoms with Gasteiger partial charge in [0.25, 0.3) is 5.91 Å². The first kappa shape index (κ1) is 15.0. The van der Waals surface area contributed by atoms with Crippen LogP contribution in [0.5, 0.6) is 5.75 Å². The predicted molar refractivity (Wildman–Crippen MR) is 88.1 cm³/mol. The van der Waals surface area contributed by atoms with Gasteiger partial charge in [0.1, 0.15) is 17.1 Å². The molecule has 1 amide bonds. The summed E-state index contributed by atoms with van der Waals surface area (Å²) in [5.41, 5.74) is 1.54. The molecule has 1 aliphatic heterocycles. The highest BCUT2D eigenvalue weighted by Crippen LogP contribution is 2.27. The van der Waals surface area contributed by atoms with Crippen LogP contribution in [0.2, 0.25) is 0 Å². The van der Waals surface area contributed by atoms with Gasteiger partial charge in [-0.3, -0.25) is 9.69 Å². The van der Waals surface area contributed by atoms with Gasteiger partial charge in [0, 0.05) is 11.7 Å². The summed E-state index contributed by atoms with van der Waals surface area (Å²) >= 11 is 5.32. The van der Waals surface area contributed by atoms with E-state index in [1.807, 2.05) is 6.92 Å². The summed E-state index contributed by atoms with van der Waals surface area (Å²) in [6.07, 6.45) is 7.05. The fraction of sp³-hybridized carbons (Fsp3) is 0.438. The Kier molecular flexibility index (Phi) is 4.11. The molecule has 0 unspecified atom stereocenters. The van der Waals surface area contributed by atoms with Gasteiger partial charge in [-0.2, -0.15) is 0 Å². The molecule has 6 heteroatoms. The molecule has 116 valence electrons. The first-order valence-corrected chi connectivity index (χ1v) is 8.00. The predicted octanol–water partition coefficient (Wildman–Crippen LogP) is 2.49. The number of aromatic nitrogens is 1. The molecule has 0 bridgehead atoms. The van der Waals surface area contributed by atoms with Crippen molar-refractivity contribution in [2.45, 2.75) is 45.1 Å². The number of nitrogens with one attached hydrogen (secondary N) is 1. The number of hydrogen-bond donors (Lipinski definition) is 2. The largest absolute Gasteiger partial charge is 0.506 e. The molecule has 2 aliphatic rings. The molecule has 3 rings (SSSR count). The third-order valence-electron chi connectivity index (χ3n) is 4.17. The fourth-order valence-corrected chi connectivity index (χ4v) is 3.37. The Morgan fingerprint density at radius 2 is 2.09 bits per heavy atom. The number of nitrogens with zero attached hydrogens (tertiary/aromatic N) is 2. The number of pyridine rings is 1. The Bertz CT molecular complexity index is 651. The number of amides is 1. The summed E-state index contributed by atoms with van der Waals surface area (Å²) in [4.78, 5) is 18.6. The maximum Gasteiger partial charge on any atom is 0.276 e. The molecular weight excluding hydrogens is 298 g/mol. The average molecular weight is 317 g/mol. The number of carbonyl (C=O) groups excluding carboxylic acids is 1. The van der Waals surface area contributed by atoms with E-state index in [9.17, 15) is 9.90 Å². The second-order valence-electron chi connectivity index (χ2n) is 5.81. The Hall–Kier alpha value is -1.95. The van der Waals surface area contributed by atoms with Gasteiger partial charge in [-0.05, 0) is 50.2 Å². The van der Waals surface area contributed by atoms with E-state index < -0.39 is 0 Å². The van der Waals surface area contributed by atoms with E-state index in [1.54, 1.807) is 23.1 Å². The van der Waals surface area contributed by atoms with Crippen molar-refractivity contribution < 1.29 is 9.90 Å². The topological polar surface area (TPSA) is 65.5 Å². The zero-order chi connectivity index (χ0) is 15.7. The van der Waals surface area contributed by atoms with Gasteiger partial charge < -0.3 is 10.4 Å². The van der Waals surface area contributed by atoms with E-state index in [0.717, 1.165) is 31.4 Å². The van der Waals surface area contributed by atoms with Gasteiger partial charge >= 0.3 is 0 Å². The lowest BCUT2D eigenvalue weighted by molar-refractivity contribution is -0.124. The molecule has 0 atom stereocenters. The van der Waals surface area contributed by atoms with Crippen molar-refractivity contribution in [2.24, 2.45) is 0 Å². The third-order valence-corrected chi connectivity index (χ3v) is 4.47. The Balaban J connectivity index is 1.86. The van der Waals surface area contributed by atoms with Crippen LogP contribution < -0.4 is 5.32 Å². The number of rotatable bonds is 2. The van der Waals surface area contributed by atoms with Gasteiger partial charge in [-0.1, -0.05) is 19.3 Å². The van der Waals surface area contributed by atoms with Crippen LogP contribution in [0.15, 0.2) is 17.8 Å². The number of aryl methyl sites for hydroxylation is 1. The van der Waals surface area contributed by atoms with Crippen LogP contribution in [0.4, 0.5) is 0 Å². The second-order valence-corrected chi connectivity index (χ2v) is 6.20. The van der Waals surface area contributed by atoms with Crippen molar-refractivity contribution in [1.82, 2.24) is 15.2 Å². The quantitative estimate of drug-likeness (QED) is 0.648. The molecule has 22 heavy (non-hydrogen) atoms. The summed E-state index contributed by atoms with van der Waals surface area (Å²) < 4.78 is 0. The van der Waals surface area contributed by atoms with E-state index in [2.05, 4.69) is 10.3 Å². The van der Waals surface area contributed by atoms with Crippen molar-refractivity contribution in [3.63, 3.8) is 0 Å². The maximum atomic E-state index is 12.6. The van der Waals surface area contributed by atoms with E-state index in [4.69, 9.17) is 12.2 Å². The molecule has 2 heterocycles. The highest BCUT2D eigenvalue weighted by atomic mass is 32.1. The molecule has 0 radical (unpaired) electrons. The van der Waals surface area contributed by atoms with Crippen LogP contribution >= 0.6 is 12.2 Å². The molecular formula is C16H19N3O2S. The van der Waals surface area contributed by atoms with Crippen molar-refractivity contribution in [2.75, 3.05) is 0 Å². The number of thiocarbonyl (C=S) groups is 1. The van der Waals surface area contributed by atoms with Gasteiger partial charge in [0.2, 0.25) is 0 Å². The molecule has 0 spiro atoms. The lowest BCUT2D eigenvalue weighted by Crippen LogP contribution is -2.41. The first-order valence-electron chi connectivity index (χ1n) is 7.59. The van der Waals surface area contributed by atoms with E-state index in [-0.39, 0.29) is 17.7 Å². The Morgan fingerprint density at radius 1 is 1.36 bits per heavy atom. The smallest absolute Gasteiger partial charge is 0.276 e. The van der Waals surface area contributed by atoms with Gasteiger partial charge in [0.15, 0.2) is 5.11 Å². The van der Waals surface area contributed by atoms with Crippen LogP contribution in [-0.4, -0.2) is 32.1 Å². The minimum Gasteiger partial charge on any atom is -0.506 e. The molecule has 0 aromatic carbocycles. The fourth-order valence-electron chi connectivity index (χ4n) is 3.03. The van der Waals surface area contributed by atoms with Crippen molar-refractivity contribution in [1.29, 1.82) is 0 Å². The summed E-state index contributed by atoms with van der Waals surface area (Å²) in [6, 6.07) is 3.48. The third kappa shape index (κ3) is 2.83. The zero-order valence-corrected chi connectivity index (χ0v) is 13.3. The van der Waals surface area contributed by atoms with Gasteiger partial charge in [-0.25, -0.2) is 4.98 Å². The lowest BCUT2D eigenvalue weighted by atomic mass is 9.94. The van der Waals surface area contributed by atoms with E-state index >= 15 is 0 Å². The minimum atomic E-state index is -0.125. The molecule has 5 nitrogen and oxygen atoms in total. The maximum absolute atomic E-state index is 12.6. The van der Waals surface area contributed by atoms with E-state index in [0.29, 0.717) is 16.5 Å². The molecule has 2 N–H and O–H groups in total. The Labute approximate surface area is 135 Å². The highest BCUT2D eigenvalue weighted by molar-refractivity contribution is 7.80. The summed E-state index contributed by atoms with van der Waals surface area (Å²) in [5, 5.41) is 13.3. The van der Waals surface area contributed by atoms with Crippen molar-refractivity contribution in [3.05, 3.63) is 29.2 Å². The van der Waals surface area contributed by atoms with Crippen LogP contribution in [0.25, 0.3) is 6.08 Å². The molecule has 1 aromatic heterocycles. The number of hydrogen-bond acceptors (Lipinski definition) is 4. The van der Waals surface area contributed by atoms with Crippen molar-refractivity contribution in [3.8, 4) is 5.75 Å². The van der Waals surface area contributed by atoms with Crippen LogP contribution in [-0.2, 0) is 4.79 Å². The van der Waals surface area contributed by atoms with Gasteiger partial charge in [0.05, 0.1) is 0 Å². The average Bonchev–Trinajstić information content (AvgIpc) is 2.78. The normalized spacial score (nSPS) is 21.5. The van der Waals surface area contributed by atoms with E-state index in [1.165, 1.54) is 6.42 Å². The molecule has 1 aromatic rings. The summed E-state index contributed by atoms with van der Waals surface area (Å²) in [7, 11) is 0. The second kappa shape index (κ2) is 6.04. The SMILES string of the molecule is Cc1ccc(O)c(/C=C2\NC(=S)N(C3CCCCC3)C2=O)n1. The molecule has 1 aliphatic carbocycles. The monoisotopic (exact) mass is 317 g/mol.